The van der Waals surface area contributed by atoms with Gasteiger partial charge in [0, 0.05) is 24.0 Å². The molecule has 0 aliphatic rings. The van der Waals surface area contributed by atoms with Crippen molar-refractivity contribution in [3.8, 4) is 23.5 Å². The van der Waals surface area contributed by atoms with Gasteiger partial charge in [-0.2, -0.15) is 0 Å². The number of terminal acetylenes is 1. The number of rotatable bonds is 10. The third-order valence-corrected chi connectivity index (χ3v) is 6.65. The van der Waals surface area contributed by atoms with Crippen LogP contribution in [0.3, 0.4) is 0 Å². The number of aliphatic carboxylic acids is 1. The molecular weight excluding hydrogens is 478 g/mol. The minimum absolute atomic E-state index is 0.277. The zero-order valence-electron chi connectivity index (χ0n) is 22.6. The molecule has 7 heteroatoms. The van der Waals surface area contributed by atoms with Crippen LogP contribution >= 0.6 is 0 Å². The first kappa shape index (κ1) is 28.4. The first-order chi connectivity index (χ1) is 18.0. The predicted octanol–water partition coefficient (Wildman–Crippen LogP) is 5.13. The van der Waals surface area contributed by atoms with Gasteiger partial charge in [-0.05, 0) is 85.4 Å². The van der Waals surface area contributed by atoms with Gasteiger partial charge in [0.15, 0.2) is 0 Å². The van der Waals surface area contributed by atoms with E-state index >= 15 is 0 Å². The zero-order valence-corrected chi connectivity index (χ0v) is 22.6. The average molecular weight is 514 g/mol. The average Bonchev–Trinajstić information content (AvgIpc) is 2.84. The Hall–Kier alpha value is -4.18. The zero-order chi connectivity index (χ0) is 28.0. The molecule has 1 amide bonds. The number of aryl methyl sites for hydroxylation is 3. The van der Waals surface area contributed by atoms with Crippen molar-refractivity contribution in [2.75, 3.05) is 0 Å². The van der Waals surface area contributed by atoms with Crippen molar-refractivity contribution in [2.45, 2.75) is 66.0 Å². The maximum atomic E-state index is 13.6. The molecule has 0 bridgehead atoms. The van der Waals surface area contributed by atoms with E-state index in [4.69, 9.17) is 6.42 Å². The van der Waals surface area contributed by atoms with E-state index in [0.29, 0.717) is 29.2 Å². The molecule has 0 radical (unpaired) electrons. The normalized spacial score (nSPS) is 12.6. The van der Waals surface area contributed by atoms with Gasteiger partial charge in [0.25, 0.3) is 5.56 Å². The first-order valence-electron chi connectivity index (χ1n) is 12.8. The lowest BCUT2D eigenvalue weighted by molar-refractivity contribution is -0.138. The Balaban J connectivity index is 2.05. The van der Waals surface area contributed by atoms with Gasteiger partial charge in [-0.1, -0.05) is 32.0 Å². The molecule has 1 aromatic carbocycles. The molecule has 0 aliphatic heterocycles. The van der Waals surface area contributed by atoms with E-state index < -0.39 is 24.0 Å². The SMILES string of the molecule is C#Cc1ncc([C@@H](CC(=O)O)NC(=O)[C@@H](CCC(C)C)n2ccc(C)cc2=O)cc1-c1c(C)cccc1C. The van der Waals surface area contributed by atoms with E-state index in [-0.39, 0.29) is 12.0 Å². The van der Waals surface area contributed by atoms with Gasteiger partial charge in [-0.25, -0.2) is 4.98 Å². The fraction of sp³-hybridized carbons (Fsp3) is 0.355. The van der Waals surface area contributed by atoms with Crippen molar-refractivity contribution in [3.63, 3.8) is 0 Å². The lowest BCUT2D eigenvalue weighted by atomic mass is 9.92. The standard InChI is InChI=1S/C31H35N3O4/c1-7-25-24(30-21(5)9-8-10-22(30)6)16-23(18-32-25)26(17-29(36)37)33-31(38)27(12-11-19(2)3)34-14-13-20(4)15-28(34)35/h1,8-10,13-16,18-19,26-27H,11-12,17H2,2-6H3,(H,33,38)(H,36,37)/t26-,27-/m1/s1. The van der Waals surface area contributed by atoms with Crippen LogP contribution < -0.4 is 10.9 Å². The molecule has 2 N–H and O–H groups in total. The molecule has 0 aliphatic carbocycles. The summed E-state index contributed by atoms with van der Waals surface area (Å²) in [7, 11) is 0. The summed E-state index contributed by atoms with van der Waals surface area (Å²) in [5.41, 5.74) is 5.13. The van der Waals surface area contributed by atoms with Crippen LogP contribution in [0.5, 0.6) is 0 Å². The molecule has 2 atom stereocenters. The lowest BCUT2D eigenvalue weighted by Crippen LogP contribution is -2.39. The number of hydrogen-bond acceptors (Lipinski definition) is 4. The highest BCUT2D eigenvalue weighted by Gasteiger charge is 2.27. The molecule has 198 valence electrons. The lowest BCUT2D eigenvalue weighted by Gasteiger charge is -2.25. The number of carboxylic acids is 1. The summed E-state index contributed by atoms with van der Waals surface area (Å²) < 4.78 is 1.42. The fourth-order valence-electron chi connectivity index (χ4n) is 4.65. The third kappa shape index (κ3) is 6.77. The number of nitrogens with zero attached hydrogens (tertiary/aromatic N) is 2. The monoisotopic (exact) mass is 513 g/mol. The van der Waals surface area contributed by atoms with Crippen molar-refractivity contribution in [2.24, 2.45) is 5.92 Å². The number of amides is 1. The van der Waals surface area contributed by atoms with Crippen LogP contribution in [0.15, 0.2) is 53.6 Å². The van der Waals surface area contributed by atoms with E-state index in [1.54, 1.807) is 12.3 Å². The molecule has 2 heterocycles. The summed E-state index contributed by atoms with van der Waals surface area (Å²) in [4.78, 5) is 42.7. The van der Waals surface area contributed by atoms with Crippen LogP contribution in [-0.2, 0) is 9.59 Å². The van der Waals surface area contributed by atoms with Gasteiger partial charge in [0.05, 0.1) is 12.5 Å². The number of nitrogens with one attached hydrogen (secondary N) is 1. The Kier molecular flexibility index (Phi) is 9.25. The van der Waals surface area contributed by atoms with Gasteiger partial charge in [-0.3, -0.25) is 14.4 Å². The third-order valence-electron chi connectivity index (χ3n) is 6.65. The minimum Gasteiger partial charge on any atom is -0.481 e. The Labute approximate surface area is 223 Å². The number of pyridine rings is 2. The summed E-state index contributed by atoms with van der Waals surface area (Å²) in [6, 6.07) is 9.34. The van der Waals surface area contributed by atoms with E-state index in [0.717, 1.165) is 28.7 Å². The fourth-order valence-corrected chi connectivity index (χ4v) is 4.65. The summed E-state index contributed by atoms with van der Waals surface area (Å²) in [5.74, 6) is 1.45. The maximum Gasteiger partial charge on any atom is 0.305 e. The molecule has 7 nitrogen and oxygen atoms in total. The number of benzene rings is 1. The second-order valence-electron chi connectivity index (χ2n) is 10.2. The van der Waals surface area contributed by atoms with Crippen molar-refractivity contribution >= 4 is 11.9 Å². The number of aromatic nitrogens is 2. The number of hydrogen-bond donors (Lipinski definition) is 2. The molecule has 0 unspecified atom stereocenters. The molecule has 0 saturated heterocycles. The van der Waals surface area contributed by atoms with Gasteiger partial charge in [0.1, 0.15) is 11.7 Å². The van der Waals surface area contributed by atoms with Crippen LogP contribution in [0.25, 0.3) is 11.1 Å². The summed E-state index contributed by atoms with van der Waals surface area (Å²) in [5, 5.41) is 12.6. The summed E-state index contributed by atoms with van der Waals surface area (Å²) >= 11 is 0. The smallest absolute Gasteiger partial charge is 0.305 e. The van der Waals surface area contributed by atoms with Gasteiger partial charge >= 0.3 is 5.97 Å². The number of carbonyl (C=O) groups is 2. The van der Waals surface area contributed by atoms with Crippen molar-refractivity contribution in [3.05, 3.63) is 87.1 Å². The molecule has 0 spiro atoms. The van der Waals surface area contributed by atoms with E-state index in [1.165, 1.54) is 16.8 Å². The summed E-state index contributed by atoms with van der Waals surface area (Å²) in [6.07, 6.45) is 9.70. The van der Waals surface area contributed by atoms with Crippen LogP contribution in [0, 0.1) is 39.0 Å². The quantitative estimate of drug-likeness (QED) is 0.366. The molecule has 2 aromatic heterocycles. The van der Waals surface area contributed by atoms with Gasteiger partial charge < -0.3 is 15.0 Å². The second-order valence-corrected chi connectivity index (χ2v) is 10.2. The number of carbonyl (C=O) groups excluding carboxylic acids is 1. The first-order valence-corrected chi connectivity index (χ1v) is 12.8. The highest BCUT2D eigenvalue weighted by Crippen LogP contribution is 2.32. The Morgan fingerprint density at radius 2 is 1.79 bits per heavy atom. The van der Waals surface area contributed by atoms with Crippen LogP contribution in [-0.4, -0.2) is 26.5 Å². The Bertz CT molecular complexity index is 1410. The van der Waals surface area contributed by atoms with Crippen molar-refractivity contribution < 1.29 is 14.7 Å². The second kappa shape index (κ2) is 12.4. The van der Waals surface area contributed by atoms with Crippen LogP contribution in [0.4, 0.5) is 0 Å². The van der Waals surface area contributed by atoms with Gasteiger partial charge in [0.2, 0.25) is 5.91 Å². The minimum atomic E-state index is -1.07. The molecule has 0 fully saturated rings. The topological polar surface area (TPSA) is 101 Å². The number of carboxylic acid groups (broad SMARTS) is 1. The van der Waals surface area contributed by atoms with E-state index in [9.17, 15) is 19.5 Å². The molecule has 3 rings (SSSR count). The molecule has 38 heavy (non-hydrogen) atoms. The predicted molar refractivity (Wildman–Crippen MR) is 149 cm³/mol. The van der Waals surface area contributed by atoms with Gasteiger partial charge in [-0.15, -0.1) is 6.42 Å². The van der Waals surface area contributed by atoms with E-state index in [1.807, 2.05) is 58.9 Å². The van der Waals surface area contributed by atoms with Crippen molar-refractivity contribution in [1.29, 1.82) is 0 Å². The summed E-state index contributed by atoms with van der Waals surface area (Å²) in [6.45, 7) is 9.87. The highest BCUT2D eigenvalue weighted by atomic mass is 16.4. The van der Waals surface area contributed by atoms with E-state index in [2.05, 4.69) is 16.2 Å². The molecule has 0 saturated carbocycles. The largest absolute Gasteiger partial charge is 0.481 e. The Morgan fingerprint density at radius 1 is 1.11 bits per heavy atom. The van der Waals surface area contributed by atoms with Crippen LogP contribution in [0.2, 0.25) is 0 Å². The highest BCUT2D eigenvalue weighted by molar-refractivity contribution is 5.82. The molecule has 3 aromatic rings. The van der Waals surface area contributed by atoms with Crippen molar-refractivity contribution in [1.82, 2.24) is 14.9 Å². The van der Waals surface area contributed by atoms with Crippen LogP contribution in [0.1, 0.15) is 73.1 Å². The Morgan fingerprint density at radius 3 is 2.37 bits per heavy atom. The maximum absolute atomic E-state index is 13.6. The molecular formula is C31H35N3O4.